The first-order chi connectivity index (χ1) is 9.38. The second-order valence-corrected chi connectivity index (χ2v) is 5.34. The molecule has 2 heterocycles. The minimum atomic E-state index is -0.465. The van der Waals surface area contributed by atoms with E-state index < -0.39 is 5.91 Å². The van der Waals surface area contributed by atoms with Crippen molar-refractivity contribution in [1.29, 1.82) is 0 Å². The Bertz CT molecular complexity index is 667. The van der Waals surface area contributed by atoms with Gasteiger partial charge in [-0.25, -0.2) is 9.97 Å². The van der Waals surface area contributed by atoms with E-state index in [4.69, 9.17) is 46.4 Å². The minimum absolute atomic E-state index is 0.00528. The van der Waals surface area contributed by atoms with Gasteiger partial charge in [0.1, 0.15) is 15.5 Å². The molecule has 4 nitrogen and oxygen atoms in total. The van der Waals surface area contributed by atoms with Gasteiger partial charge in [-0.05, 0) is 30.7 Å². The molecule has 0 atom stereocenters. The van der Waals surface area contributed by atoms with Gasteiger partial charge in [-0.1, -0.05) is 46.4 Å². The molecule has 8 heteroatoms. The fourth-order valence-electron chi connectivity index (χ4n) is 1.51. The van der Waals surface area contributed by atoms with Gasteiger partial charge in [0.15, 0.2) is 5.15 Å². The summed E-state index contributed by atoms with van der Waals surface area (Å²) in [5, 5.41) is 3.18. The van der Waals surface area contributed by atoms with Gasteiger partial charge in [-0.2, -0.15) is 0 Å². The molecule has 0 radical (unpaired) electrons. The zero-order valence-corrected chi connectivity index (χ0v) is 13.1. The van der Waals surface area contributed by atoms with Crippen molar-refractivity contribution in [2.24, 2.45) is 0 Å². The van der Waals surface area contributed by atoms with Gasteiger partial charge in [0.2, 0.25) is 0 Å². The lowest BCUT2D eigenvalue weighted by Gasteiger charge is -2.10. The molecule has 0 aromatic carbocycles. The summed E-state index contributed by atoms with van der Waals surface area (Å²) in [6.45, 7) is 1.75. The van der Waals surface area contributed by atoms with Crippen molar-refractivity contribution in [3.63, 3.8) is 0 Å². The lowest BCUT2D eigenvalue weighted by molar-refractivity contribution is 0.102. The molecule has 0 aliphatic heterocycles. The Hall–Kier alpha value is -1.07. The number of hydrogen-bond acceptors (Lipinski definition) is 3. The Morgan fingerprint density at radius 1 is 1.05 bits per heavy atom. The SMILES string of the molecule is Cc1cc(Cl)nc(Cl)c1NC(=O)c1ccc(Cl)nc1Cl. The molecule has 0 saturated carbocycles. The number of pyridine rings is 2. The predicted molar refractivity (Wildman–Crippen MR) is 81.2 cm³/mol. The maximum Gasteiger partial charge on any atom is 0.258 e. The van der Waals surface area contributed by atoms with E-state index >= 15 is 0 Å². The third-order valence-electron chi connectivity index (χ3n) is 2.44. The Kier molecular flexibility index (Phi) is 4.70. The van der Waals surface area contributed by atoms with Gasteiger partial charge in [-0.15, -0.1) is 0 Å². The number of anilines is 1. The number of amides is 1. The van der Waals surface area contributed by atoms with Crippen molar-refractivity contribution in [2.75, 3.05) is 5.32 Å². The average Bonchev–Trinajstić information content (AvgIpc) is 2.33. The lowest BCUT2D eigenvalue weighted by Crippen LogP contribution is -2.14. The first-order valence-electron chi connectivity index (χ1n) is 5.34. The van der Waals surface area contributed by atoms with Crippen LogP contribution in [-0.4, -0.2) is 15.9 Å². The first kappa shape index (κ1) is 15.3. The Balaban J connectivity index is 2.33. The van der Waals surface area contributed by atoms with E-state index in [-0.39, 0.29) is 26.2 Å². The van der Waals surface area contributed by atoms with Crippen LogP contribution in [0.5, 0.6) is 0 Å². The van der Waals surface area contributed by atoms with Crippen molar-refractivity contribution >= 4 is 58.0 Å². The van der Waals surface area contributed by atoms with E-state index in [1.165, 1.54) is 12.1 Å². The van der Waals surface area contributed by atoms with Crippen molar-refractivity contribution in [3.05, 3.63) is 49.9 Å². The Morgan fingerprint density at radius 2 is 1.70 bits per heavy atom. The highest BCUT2D eigenvalue weighted by molar-refractivity contribution is 6.36. The second-order valence-electron chi connectivity index (χ2n) is 3.85. The summed E-state index contributed by atoms with van der Waals surface area (Å²) < 4.78 is 0. The largest absolute Gasteiger partial charge is 0.319 e. The molecule has 0 spiro atoms. The molecule has 0 saturated heterocycles. The zero-order chi connectivity index (χ0) is 14.9. The van der Waals surface area contributed by atoms with Crippen LogP contribution in [0.25, 0.3) is 0 Å². The van der Waals surface area contributed by atoms with Gasteiger partial charge in [0, 0.05) is 0 Å². The van der Waals surface area contributed by atoms with E-state index in [2.05, 4.69) is 15.3 Å². The van der Waals surface area contributed by atoms with Crippen LogP contribution < -0.4 is 5.32 Å². The maximum atomic E-state index is 12.1. The number of carbonyl (C=O) groups is 1. The fourth-order valence-corrected chi connectivity index (χ4v) is 2.52. The number of rotatable bonds is 2. The summed E-state index contributed by atoms with van der Waals surface area (Å²) in [6, 6.07) is 4.53. The smallest absolute Gasteiger partial charge is 0.258 e. The lowest BCUT2D eigenvalue weighted by atomic mass is 10.2. The molecule has 0 aliphatic rings. The molecule has 2 rings (SSSR count). The summed E-state index contributed by atoms with van der Waals surface area (Å²) in [5.41, 5.74) is 1.23. The monoisotopic (exact) mass is 349 g/mol. The molecular weight excluding hydrogens is 344 g/mol. The normalized spacial score (nSPS) is 10.4. The van der Waals surface area contributed by atoms with Crippen LogP contribution in [0.3, 0.4) is 0 Å². The van der Waals surface area contributed by atoms with E-state index in [0.29, 0.717) is 11.3 Å². The van der Waals surface area contributed by atoms with Crippen LogP contribution in [0.4, 0.5) is 5.69 Å². The number of aromatic nitrogens is 2. The summed E-state index contributed by atoms with van der Waals surface area (Å²) in [6.07, 6.45) is 0. The molecular formula is C12H7Cl4N3O. The van der Waals surface area contributed by atoms with Gasteiger partial charge in [0.25, 0.3) is 5.91 Å². The molecule has 1 N–H and O–H groups in total. The van der Waals surface area contributed by atoms with Crippen LogP contribution in [-0.2, 0) is 0 Å². The highest BCUT2D eigenvalue weighted by atomic mass is 35.5. The van der Waals surface area contributed by atoms with Crippen molar-refractivity contribution < 1.29 is 4.79 Å². The first-order valence-corrected chi connectivity index (χ1v) is 6.85. The van der Waals surface area contributed by atoms with Crippen LogP contribution in [0, 0.1) is 6.92 Å². The molecule has 0 aliphatic carbocycles. The van der Waals surface area contributed by atoms with E-state index in [1.807, 2.05) is 0 Å². The summed E-state index contributed by atoms with van der Waals surface area (Å²) in [7, 11) is 0. The molecule has 104 valence electrons. The topological polar surface area (TPSA) is 54.9 Å². The zero-order valence-electron chi connectivity index (χ0n) is 10.0. The number of halogens is 4. The number of aryl methyl sites for hydroxylation is 1. The fraction of sp³-hybridized carbons (Fsp3) is 0.0833. The molecule has 2 aromatic heterocycles. The summed E-state index contributed by atoms with van der Waals surface area (Å²) >= 11 is 23.3. The van der Waals surface area contributed by atoms with Crippen LogP contribution >= 0.6 is 46.4 Å². The third-order valence-corrected chi connectivity index (χ3v) is 3.40. The molecule has 0 fully saturated rings. The molecule has 1 amide bonds. The maximum absolute atomic E-state index is 12.1. The summed E-state index contributed by atoms with van der Waals surface area (Å²) in [5.74, 6) is -0.465. The van der Waals surface area contributed by atoms with Crippen LogP contribution in [0.1, 0.15) is 15.9 Å². The van der Waals surface area contributed by atoms with Crippen molar-refractivity contribution in [2.45, 2.75) is 6.92 Å². The molecule has 0 unspecified atom stereocenters. The van der Waals surface area contributed by atoms with E-state index in [0.717, 1.165) is 0 Å². The van der Waals surface area contributed by atoms with Crippen LogP contribution in [0.2, 0.25) is 20.6 Å². The highest BCUT2D eigenvalue weighted by Gasteiger charge is 2.16. The highest BCUT2D eigenvalue weighted by Crippen LogP contribution is 2.27. The molecule has 0 bridgehead atoms. The van der Waals surface area contributed by atoms with Gasteiger partial charge in [-0.3, -0.25) is 4.79 Å². The Labute approximate surface area is 135 Å². The average molecular weight is 351 g/mol. The van der Waals surface area contributed by atoms with Gasteiger partial charge in [0.05, 0.1) is 11.3 Å². The third kappa shape index (κ3) is 3.33. The molecule has 2 aromatic rings. The molecule has 20 heavy (non-hydrogen) atoms. The number of hydrogen-bond donors (Lipinski definition) is 1. The number of carbonyl (C=O) groups excluding carboxylic acids is 1. The van der Waals surface area contributed by atoms with E-state index in [9.17, 15) is 4.79 Å². The standard InChI is InChI=1S/C12H7Cl4N3O/c1-5-4-8(14)18-11(16)9(5)19-12(20)6-2-3-7(13)17-10(6)15/h2-4H,1H3,(H,19,20). The number of nitrogens with one attached hydrogen (secondary N) is 1. The van der Waals surface area contributed by atoms with Gasteiger partial charge >= 0.3 is 0 Å². The minimum Gasteiger partial charge on any atom is -0.319 e. The number of nitrogens with zero attached hydrogens (tertiary/aromatic N) is 2. The summed E-state index contributed by atoms with van der Waals surface area (Å²) in [4.78, 5) is 19.8. The van der Waals surface area contributed by atoms with E-state index in [1.54, 1.807) is 13.0 Å². The van der Waals surface area contributed by atoms with Crippen molar-refractivity contribution in [3.8, 4) is 0 Å². The van der Waals surface area contributed by atoms with Crippen LogP contribution in [0.15, 0.2) is 18.2 Å². The quantitative estimate of drug-likeness (QED) is 0.802. The Morgan fingerprint density at radius 3 is 2.30 bits per heavy atom. The predicted octanol–water partition coefficient (Wildman–Crippen LogP) is 4.65. The van der Waals surface area contributed by atoms with Gasteiger partial charge < -0.3 is 5.32 Å². The second kappa shape index (κ2) is 6.14. The van der Waals surface area contributed by atoms with Crippen molar-refractivity contribution in [1.82, 2.24) is 9.97 Å².